The number of benzene rings is 1. The molecule has 1 aromatic carbocycles. The minimum Gasteiger partial charge on any atom is -0.488 e. The van der Waals surface area contributed by atoms with Gasteiger partial charge >= 0.3 is 0 Å². The topological polar surface area (TPSA) is 64.1 Å². The van der Waals surface area contributed by atoms with Crippen LogP contribution in [0.15, 0.2) is 30.5 Å². The van der Waals surface area contributed by atoms with Crippen LogP contribution >= 0.6 is 0 Å². The number of hydrogen-bond donors (Lipinski definition) is 1. The van der Waals surface area contributed by atoms with Crippen molar-refractivity contribution in [3.63, 3.8) is 0 Å². The number of rotatable bonds is 4. The van der Waals surface area contributed by atoms with E-state index in [-0.39, 0.29) is 23.9 Å². The van der Waals surface area contributed by atoms with Crippen molar-refractivity contribution >= 4 is 5.91 Å². The van der Waals surface area contributed by atoms with Crippen LogP contribution < -0.4 is 10.1 Å². The number of hydrogen-bond acceptors (Lipinski definition) is 4. The fraction of sp³-hybridized carbons (Fsp3) is 0.353. The van der Waals surface area contributed by atoms with Gasteiger partial charge in [-0.3, -0.25) is 4.79 Å². The van der Waals surface area contributed by atoms with E-state index in [0.29, 0.717) is 24.4 Å². The molecule has 0 bridgehead atoms. The first kappa shape index (κ1) is 15.4. The van der Waals surface area contributed by atoms with Crippen molar-refractivity contribution in [3.05, 3.63) is 53.4 Å². The molecule has 1 aliphatic heterocycles. The van der Waals surface area contributed by atoms with Crippen molar-refractivity contribution in [2.75, 3.05) is 0 Å². The fourth-order valence-electron chi connectivity index (χ4n) is 2.72. The molecule has 0 radical (unpaired) electrons. The summed E-state index contributed by atoms with van der Waals surface area (Å²) in [5.74, 6) is 0.756. The lowest BCUT2D eigenvalue weighted by molar-refractivity contribution is -0.122. The van der Waals surface area contributed by atoms with Crippen LogP contribution in [0.25, 0.3) is 0 Å². The van der Waals surface area contributed by atoms with E-state index in [1.54, 1.807) is 18.3 Å². The second kappa shape index (κ2) is 6.32. The van der Waals surface area contributed by atoms with Crippen molar-refractivity contribution in [2.24, 2.45) is 0 Å². The highest BCUT2D eigenvalue weighted by Crippen LogP contribution is 2.36. The molecule has 0 saturated carbocycles. The summed E-state index contributed by atoms with van der Waals surface area (Å²) < 4.78 is 18.8. The molecule has 1 aliphatic rings. The number of aryl methyl sites for hydroxylation is 2. The van der Waals surface area contributed by atoms with E-state index >= 15 is 0 Å². The summed E-state index contributed by atoms with van der Waals surface area (Å²) in [4.78, 5) is 20.5. The summed E-state index contributed by atoms with van der Waals surface area (Å²) >= 11 is 0. The van der Waals surface area contributed by atoms with E-state index in [2.05, 4.69) is 15.3 Å². The molecule has 1 amide bonds. The lowest BCUT2D eigenvalue weighted by Gasteiger charge is -2.16. The van der Waals surface area contributed by atoms with Gasteiger partial charge in [0.2, 0.25) is 5.91 Å². The summed E-state index contributed by atoms with van der Waals surface area (Å²) in [5, 5.41) is 2.96. The number of ether oxygens (including phenoxy) is 1. The zero-order valence-electron chi connectivity index (χ0n) is 13.0. The van der Waals surface area contributed by atoms with Gasteiger partial charge in [-0.05, 0) is 32.4 Å². The molecule has 2 heterocycles. The first-order valence-electron chi connectivity index (χ1n) is 7.57. The van der Waals surface area contributed by atoms with Crippen LogP contribution in [0.4, 0.5) is 4.39 Å². The average Bonchev–Trinajstić information content (AvgIpc) is 2.80. The van der Waals surface area contributed by atoms with Gasteiger partial charge in [0.05, 0.1) is 6.04 Å². The van der Waals surface area contributed by atoms with Crippen molar-refractivity contribution in [3.8, 4) is 5.75 Å². The highest BCUT2D eigenvalue weighted by atomic mass is 19.1. The van der Waals surface area contributed by atoms with Gasteiger partial charge < -0.3 is 10.1 Å². The van der Waals surface area contributed by atoms with Gasteiger partial charge in [-0.25, -0.2) is 14.4 Å². The highest BCUT2D eigenvalue weighted by molar-refractivity contribution is 5.77. The summed E-state index contributed by atoms with van der Waals surface area (Å²) in [5.41, 5.74) is 1.65. The van der Waals surface area contributed by atoms with E-state index < -0.39 is 0 Å². The van der Waals surface area contributed by atoms with Crippen molar-refractivity contribution in [1.29, 1.82) is 0 Å². The van der Waals surface area contributed by atoms with E-state index in [4.69, 9.17) is 4.74 Å². The predicted octanol–water partition coefficient (Wildman–Crippen LogP) is 2.50. The van der Waals surface area contributed by atoms with Crippen molar-refractivity contribution < 1.29 is 13.9 Å². The number of carbonyl (C=O) groups excluding carboxylic acids is 1. The third-order valence-corrected chi connectivity index (χ3v) is 3.85. The van der Waals surface area contributed by atoms with Gasteiger partial charge in [0.15, 0.2) is 0 Å². The summed E-state index contributed by atoms with van der Waals surface area (Å²) in [6, 6.07) is 5.93. The van der Waals surface area contributed by atoms with Crippen molar-refractivity contribution in [1.82, 2.24) is 15.3 Å². The van der Waals surface area contributed by atoms with Crippen LogP contribution in [-0.4, -0.2) is 22.0 Å². The molecule has 2 atom stereocenters. The van der Waals surface area contributed by atoms with Gasteiger partial charge in [0, 0.05) is 29.9 Å². The van der Waals surface area contributed by atoms with E-state index in [1.807, 2.05) is 13.8 Å². The molecule has 1 aromatic heterocycles. The van der Waals surface area contributed by atoms with Crippen LogP contribution in [0.3, 0.4) is 0 Å². The Hall–Kier alpha value is -2.50. The molecule has 6 heteroatoms. The smallest absolute Gasteiger partial charge is 0.221 e. The quantitative estimate of drug-likeness (QED) is 0.941. The van der Waals surface area contributed by atoms with E-state index in [9.17, 15) is 9.18 Å². The van der Waals surface area contributed by atoms with Gasteiger partial charge in [-0.2, -0.15) is 0 Å². The highest BCUT2D eigenvalue weighted by Gasteiger charge is 2.32. The van der Waals surface area contributed by atoms with Gasteiger partial charge in [-0.1, -0.05) is 6.07 Å². The SMILES string of the molecule is Cc1nccc(CCC(=O)N[C@H]2c3ccc(F)cc3O[C@H]2C)n1. The molecule has 0 saturated heterocycles. The summed E-state index contributed by atoms with van der Waals surface area (Å²) in [7, 11) is 0. The molecule has 3 rings (SSSR count). The first-order valence-corrected chi connectivity index (χ1v) is 7.57. The van der Waals surface area contributed by atoms with Crippen LogP contribution in [0.2, 0.25) is 0 Å². The molecule has 0 spiro atoms. The maximum Gasteiger partial charge on any atom is 0.221 e. The zero-order chi connectivity index (χ0) is 16.4. The fourth-order valence-corrected chi connectivity index (χ4v) is 2.72. The predicted molar refractivity (Wildman–Crippen MR) is 82.5 cm³/mol. The number of halogens is 1. The van der Waals surface area contributed by atoms with Gasteiger partial charge in [0.25, 0.3) is 0 Å². The first-order chi connectivity index (χ1) is 11.0. The summed E-state index contributed by atoms with van der Waals surface area (Å²) in [6.07, 6.45) is 2.34. The Kier molecular flexibility index (Phi) is 4.23. The number of aromatic nitrogens is 2. The van der Waals surface area contributed by atoms with Crippen LogP contribution in [0.1, 0.15) is 36.5 Å². The molecule has 0 fully saturated rings. The lowest BCUT2D eigenvalue weighted by Crippen LogP contribution is -2.34. The Morgan fingerprint density at radius 3 is 3.00 bits per heavy atom. The van der Waals surface area contributed by atoms with Crippen LogP contribution in [0.5, 0.6) is 5.75 Å². The molecular formula is C17H18FN3O2. The van der Waals surface area contributed by atoms with Crippen LogP contribution in [-0.2, 0) is 11.2 Å². The van der Waals surface area contributed by atoms with Gasteiger partial charge in [-0.15, -0.1) is 0 Å². The Bertz CT molecular complexity index is 736. The maximum absolute atomic E-state index is 13.2. The molecule has 0 unspecified atom stereocenters. The second-order valence-electron chi connectivity index (χ2n) is 5.65. The molecule has 2 aromatic rings. The largest absolute Gasteiger partial charge is 0.488 e. The van der Waals surface area contributed by atoms with Crippen LogP contribution in [0, 0.1) is 12.7 Å². The van der Waals surface area contributed by atoms with Gasteiger partial charge in [0.1, 0.15) is 23.5 Å². The third-order valence-electron chi connectivity index (χ3n) is 3.85. The molecule has 23 heavy (non-hydrogen) atoms. The third kappa shape index (κ3) is 3.47. The Morgan fingerprint density at radius 1 is 1.39 bits per heavy atom. The standard InChI is InChI=1S/C17H18FN3O2/c1-10-17(14-5-3-12(18)9-15(14)23-10)21-16(22)6-4-13-7-8-19-11(2)20-13/h3,5,7-10,17H,4,6H2,1-2H3,(H,21,22)/t10-,17+/m0/s1. The lowest BCUT2D eigenvalue weighted by atomic mass is 10.0. The average molecular weight is 315 g/mol. The monoisotopic (exact) mass is 315 g/mol. The Balaban J connectivity index is 1.62. The Labute approximate surface area is 133 Å². The van der Waals surface area contributed by atoms with E-state index in [0.717, 1.165) is 11.3 Å². The number of fused-ring (bicyclic) bond motifs is 1. The number of amides is 1. The molecule has 0 aliphatic carbocycles. The Morgan fingerprint density at radius 2 is 2.22 bits per heavy atom. The minimum absolute atomic E-state index is 0.0844. The maximum atomic E-state index is 13.2. The molecule has 120 valence electrons. The number of carbonyl (C=O) groups is 1. The number of nitrogens with one attached hydrogen (secondary N) is 1. The van der Waals surface area contributed by atoms with E-state index in [1.165, 1.54) is 12.1 Å². The molecule has 5 nitrogen and oxygen atoms in total. The normalized spacial score (nSPS) is 19.1. The van der Waals surface area contributed by atoms with Crippen molar-refractivity contribution in [2.45, 2.75) is 38.8 Å². The zero-order valence-corrected chi connectivity index (χ0v) is 13.0. The molecular weight excluding hydrogens is 297 g/mol. The number of nitrogens with zero attached hydrogens (tertiary/aromatic N) is 2. The molecule has 1 N–H and O–H groups in total. The second-order valence-corrected chi connectivity index (χ2v) is 5.65. The minimum atomic E-state index is -0.345. The summed E-state index contributed by atoms with van der Waals surface area (Å²) in [6.45, 7) is 3.67.